The normalized spacial score (nSPS) is 11.6. The third-order valence-corrected chi connectivity index (χ3v) is 3.71. The molecule has 0 aliphatic heterocycles. The van der Waals surface area contributed by atoms with Crippen molar-refractivity contribution in [1.82, 2.24) is 9.88 Å². The summed E-state index contributed by atoms with van der Waals surface area (Å²) in [5.74, 6) is 0.348. The van der Waals surface area contributed by atoms with Crippen molar-refractivity contribution in [3.8, 4) is 0 Å². The Labute approximate surface area is 140 Å². The Balaban J connectivity index is 2.29. The van der Waals surface area contributed by atoms with Crippen molar-refractivity contribution in [1.29, 1.82) is 0 Å². The number of pyridine rings is 1. The maximum absolute atomic E-state index is 12.8. The molecular formula is C17H20N4O3. The Morgan fingerprint density at radius 2 is 1.88 bits per heavy atom. The van der Waals surface area contributed by atoms with Crippen LogP contribution in [-0.2, 0) is 4.79 Å². The lowest BCUT2D eigenvalue weighted by Gasteiger charge is -2.26. The van der Waals surface area contributed by atoms with E-state index in [9.17, 15) is 14.9 Å². The number of aromatic nitrogens is 1. The van der Waals surface area contributed by atoms with E-state index < -0.39 is 11.0 Å². The predicted molar refractivity (Wildman–Crippen MR) is 91.6 cm³/mol. The molecule has 0 fully saturated rings. The highest BCUT2D eigenvalue weighted by atomic mass is 16.6. The minimum absolute atomic E-state index is 0.0636. The monoisotopic (exact) mass is 328 g/mol. The number of anilines is 1. The molecule has 1 N–H and O–H groups in total. The van der Waals surface area contributed by atoms with Crippen LogP contribution in [-0.4, -0.2) is 33.8 Å². The minimum Gasteiger partial charge on any atom is -0.355 e. The number of nitrogens with one attached hydrogen (secondary N) is 1. The fourth-order valence-corrected chi connectivity index (χ4v) is 2.38. The number of hydrogen-bond donors (Lipinski definition) is 1. The zero-order valence-corrected chi connectivity index (χ0v) is 13.7. The van der Waals surface area contributed by atoms with Crippen LogP contribution in [0, 0.1) is 10.1 Å². The van der Waals surface area contributed by atoms with E-state index in [0.717, 1.165) is 5.56 Å². The Morgan fingerprint density at radius 1 is 1.21 bits per heavy atom. The average Bonchev–Trinajstić information content (AvgIpc) is 2.61. The number of nitro groups is 1. The van der Waals surface area contributed by atoms with E-state index >= 15 is 0 Å². The summed E-state index contributed by atoms with van der Waals surface area (Å²) in [6.45, 7) is 5.06. The quantitative estimate of drug-likeness (QED) is 0.623. The summed E-state index contributed by atoms with van der Waals surface area (Å²) in [6.07, 6.45) is 1.17. The molecule has 0 spiro atoms. The van der Waals surface area contributed by atoms with E-state index in [4.69, 9.17) is 0 Å². The maximum atomic E-state index is 12.8. The van der Waals surface area contributed by atoms with Crippen LogP contribution in [0.4, 0.5) is 11.5 Å². The molecule has 126 valence electrons. The molecule has 24 heavy (non-hydrogen) atoms. The van der Waals surface area contributed by atoms with Gasteiger partial charge in [0.25, 0.3) is 5.69 Å². The molecule has 1 aromatic carbocycles. The fraction of sp³-hybridized carbons (Fsp3) is 0.294. The van der Waals surface area contributed by atoms with E-state index in [0.29, 0.717) is 18.9 Å². The van der Waals surface area contributed by atoms with Gasteiger partial charge in [0, 0.05) is 19.2 Å². The molecular weight excluding hydrogens is 308 g/mol. The van der Waals surface area contributed by atoms with Gasteiger partial charge in [-0.2, -0.15) is 0 Å². The predicted octanol–water partition coefficient (Wildman–Crippen LogP) is 3.01. The summed E-state index contributed by atoms with van der Waals surface area (Å²) < 4.78 is 0. The molecule has 0 aliphatic carbocycles. The van der Waals surface area contributed by atoms with E-state index in [2.05, 4.69) is 10.3 Å². The smallest absolute Gasteiger partial charge is 0.287 e. The molecule has 0 radical (unpaired) electrons. The van der Waals surface area contributed by atoms with Gasteiger partial charge in [0.15, 0.2) is 0 Å². The molecule has 7 nitrogen and oxygen atoms in total. The SMILES string of the molecule is CCN(CC)C(=O)[C@H](Nc1ccc([N+](=O)[O-])cn1)c1ccccc1. The summed E-state index contributed by atoms with van der Waals surface area (Å²) in [6, 6.07) is 11.6. The minimum atomic E-state index is -0.597. The standard InChI is InChI=1S/C17H20N4O3/c1-3-20(4-2)17(22)16(13-8-6-5-7-9-13)19-15-11-10-14(12-18-15)21(23)24/h5-12,16H,3-4H2,1-2H3,(H,18,19)/t16-/m1/s1. The maximum Gasteiger partial charge on any atom is 0.287 e. The zero-order valence-electron chi connectivity index (χ0n) is 13.7. The first-order chi connectivity index (χ1) is 11.6. The summed E-state index contributed by atoms with van der Waals surface area (Å²) in [4.78, 5) is 28.8. The van der Waals surface area contributed by atoms with Crippen LogP contribution < -0.4 is 5.32 Å². The van der Waals surface area contributed by atoms with Crippen LogP contribution in [0.5, 0.6) is 0 Å². The average molecular weight is 328 g/mol. The van der Waals surface area contributed by atoms with E-state index in [1.165, 1.54) is 18.3 Å². The number of carbonyl (C=O) groups excluding carboxylic acids is 1. The van der Waals surface area contributed by atoms with Crippen molar-refractivity contribution >= 4 is 17.4 Å². The number of hydrogen-bond acceptors (Lipinski definition) is 5. The van der Waals surface area contributed by atoms with Crippen LogP contribution in [0.25, 0.3) is 0 Å². The second-order valence-electron chi connectivity index (χ2n) is 5.16. The summed E-state index contributed by atoms with van der Waals surface area (Å²) in [7, 11) is 0. The Kier molecular flexibility index (Phi) is 5.83. The van der Waals surface area contributed by atoms with Crippen LogP contribution in [0.2, 0.25) is 0 Å². The van der Waals surface area contributed by atoms with Crippen molar-refractivity contribution in [3.63, 3.8) is 0 Å². The topological polar surface area (TPSA) is 88.4 Å². The van der Waals surface area contributed by atoms with Gasteiger partial charge in [-0.15, -0.1) is 0 Å². The van der Waals surface area contributed by atoms with Crippen LogP contribution >= 0.6 is 0 Å². The number of likely N-dealkylation sites (N-methyl/N-ethyl adjacent to an activating group) is 1. The van der Waals surface area contributed by atoms with E-state index in [1.54, 1.807) is 4.90 Å². The molecule has 0 bridgehead atoms. The molecule has 1 amide bonds. The lowest BCUT2D eigenvalue weighted by molar-refractivity contribution is -0.385. The first-order valence-corrected chi connectivity index (χ1v) is 7.77. The summed E-state index contributed by atoms with van der Waals surface area (Å²) >= 11 is 0. The largest absolute Gasteiger partial charge is 0.355 e. The molecule has 0 saturated heterocycles. The van der Waals surface area contributed by atoms with Crippen molar-refractivity contribution in [2.24, 2.45) is 0 Å². The second-order valence-corrected chi connectivity index (χ2v) is 5.16. The van der Waals surface area contributed by atoms with Gasteiger partial charge in [-0.25, -0.2) is 4.98 Å². The van der Waals surface area contributed by atoms with Gasteiger partial charge in [0.2, 0.25) is 5.91 Å². The molecule has 1 heterocycles. The van der Waals surface area contributed by atoms with E-state index in [1.807, 2.05) is 44.2 Å². The van der Waals surface area contributed by atoms with Crippen LogP contribution in [0.1, 0.15) is 25.5 Å². The molecule has 1 aromatic heterocycles. The van der Waals surface area contributed by atoms with Crippen molar-refractivity contribution in [2.45, 2.75) is 19.9 Å². The molecule has 7 heteroatoms. The molecule has 1 atom stereocenters. The van der Waals surface area contributed by atoms with Crippen LogP contribution in [0.15, 0.2) is 48.7 Å². The lowest BCUT2D eigenvalue weighted by atomic mass is 10.1. The number of nitrogens with zero attached hydrogens (tertiary/aromatic N) is 3. The zero-order chi connectivity index (χ0) is 17.5. The number of rotatable bonds is 7. The number of amides is 1. The molecule has 0 aliphatic rings. The van der Waals surface area contributed by atoms with Gasteiger partial charge >= 0.3 is 0 Å². The first kappa shape index (κ1) is 17.4. The highest BCUT2D eigenvalue weighted by molar-refractivity contribution is 5.85. The fourth-order valence-electron chi connectivity index (χ4n) is 2.38. The van der Waals surface area contributed by atoms with Crippen molar-refractivity contribution < 1.29 is 9.72 Å². The Hall–Kier alpha value is -2.96. The van der Waals surface area contributed by atoms with E-state index in [-0.39, 0.29) is 11.6 Å². The highest BCUT2D eigenvalue weighted by Gasteiger charge is 2.24. The number of carbonyl (C=O) groups is 1. The summed E-state index contributed by atoms with van der Waals surface area (Å²) in [5.41, 5.74) is 0.724. The lowest BCUT2D eigenvalue weighted by Crippen LogP contribution is -2.37. The first-order valence-electron chi connectivity index (χ1n) is 7.77. The van der Waals surface area contributed by atoms with Crippen molar-refractivity contribution in [3.05, 3.63) is 64.3 Å². The highest BCUT2D eigenvalue weighted by Crippen LogP contribution is 2.22. The Bertz CT molecular complexity index is 685. The van der Waals surface area contributed by atoms with Gasteiger partial charge in [-0.05, 0) is 25.5 Å². The second kappa shape index (κ2) is 8.05. The molecule has 0 unspecified atom stereocenters. The number of benzene rings is 1. The molecule has 0 saturated carbocycles. The van der Waals surface area contributed by atoms with Gasteiger partial charge in [-0.3, -0.25) is 14.9 Å². The summed E-state index contributed by atoms with van der Waals surface area (Å²) in [5, 5.41) is 13.8. The van der Waals surface area contributed by atoms with Crippen molar-refractivity contribution in [2.75, 3.05) is 18.4 Å². The third kappa shape index (κ3) is 4.07. The Morgan fingerprint density at radius 3 is 2.38 bits per heavy atom. The van der Waals surface area contributed by atoms with Gasteiger partial charge < -0.3 is 10.2 Å². The van der Waals surface area contributed by atoms with Gasteiger partial charge in [-0.1, -0.05) is 30.3 Å². The molecule has 2 aromatic rings. The molecule has 2 rings (SSSR count). The third-order valence-electron chi connectivity index (χ3n) is 3.71. The van der Waals surface area contributed by atoms with Crippen LogP contribution in [0.3, 0.4) is 0 Å². The van der Waals surface area contributed by atoms with Gasteiger partial charge in [0.05, 0.1) is 4.92 Å². The van der Waals surface area contributed by atoms with Gasteiger partial charge in [0.1, 0.15) is 18.1 Å².